The van der Waals surface area contributed by atoms with E-state index in [2.05, 4.69) is 4.74 Å². The van der Waals surface area contributed by atoms with E-state index in [-0.39, 0.29) is 30.1 Å². The van der Waals surface area contributed by atoms with Crippen LogP contribution < -0.4 is 0 Å². The second-order valence-electron chi connectivity index (χ2n) is 5.59. The van der Waals surface area contributed by atoms with Crippen LogP contribution >= 0.6 is 0 Å². The van der Waals surface area contributed by atoms with Crippen LogP contribution in [0.4, 0.5) is 0 Å². The average molecular weight is 310 g/mol. The van der Waals surface area contributed by atoms with Crippen LogP contribution in [0.3, 0.4) is 0 Å². The van der Waals surface area contributed by atoms with Crippen LogP contribution in [-0.2, 0) is 29.2 Å². The minimum atomic E-state index is -3.47. The van der Waals surface area contributed by atoms with Crippen molar-refractivity contribution in [1.29, 1.82) is 0 Å². The predicted molar refractivity (Wildman–Crippen MR) is 69.1 cm³/mol. The highest BCUT2D eigenvalue weighted by atomic mass is 32.2. The summed E-state index contributed by atoms with van der Waals surface area (Å²) in [5.74, 6) is -0.841. The van der Waals surface area contributed by atoms with E-state index < -0.39 is 36.3 Å². The van der Waals surface area contributed by atoms with Crippen molar-refractivity contribution in [2.75, 3.05) is 24.4 Å². The topological polar surface area (TPSA) is 94.6 Å². The Labute approximate surface area is 113 Å². The summed E-state index contributed by atoms with van der Waals surface area (Å²) >= 11 is 0. The quantitative estimate of drug-likeness (QED) is 0.660. The minimum absolute atomic E-state index is 0.0547. The summed E-state index contributed by atoms with van der Waals surface area (Å²) in [6, 6.07) is 0. The zero-order chi connectivity index (χ0) is 14.3. The van der Waals surface area contributed by atoms with E-state index in [1.807, 2.05) is 0 Å². The maximum atomic E-state index is 12.2. The van der Waals surface area contributed by atoms with Gasteiger partial charge in [0.2, 0.25) is 0 Å². The van der Waals surface area contributed by atoms with Gasteiger partial charge in [-0.15, -0.1) is 0 Å². The Morgan fingerprint density at radius 2 is 2.00 bits per heavy atom. The molecule has 6 nitrogen and oxygen atoms in total. The molecule has 1 saturated heterocycles. The number of carbonyl (C=O) groups is 1. The number of sulfone groups is 2. The fourth-order valence-corrected chi connectivity index (χ4v) is 7.62. The summed E-state index contributed by atoms with van der Waals surface area (Å²) in [5.41, 5.74) is -0.516. The van der Waals surface area contributed by atoms with Gasteiger partial charge in [0.05, 0.1) is 36.0 Å². The lowest BCUT2D eigenvalue weighted by Crippen LogP contribution is -2.30. The molecule has 1 unspecified atom stereocenters. The van der Waals surface area contributed by atoms with Crippen LogP contribution in [0.1, 0.15) is 25.7 Å². The van der Waals surface area contributed by atoms with Crippen molar-refractivity contribution in [2.24, 2.45) is 5.41 Å². The van der Waals surface area contributed by atoms with E-state index in [4.69, 9.17) is 0 Å². The molecule has 2 aliphatic rings. The molecular weight excluding hydrogens is 292 g/mol. The van der Waals surface area contributed by atoms with Crippen molar-refractivity contribution in [2.45, 2.75) is 30.9 Å². The largest absolute Gasteiger partial charge is 0.469 e. The van der Waals surface area contributed by atoms with E-state index in [1.165, 1.54) is 7.11 Å². The molecule has 1 aliphatic heterocycles. The Balaban J connectivity index is 2.04. The van der Waals surface area contributed by atoms with Gasteiger partial charge >= 0.3 is 5.97 Å². The lowest BCUT2D eigenvalue weighted by molar-refractivity contribution is -0.141. The lowest BCUT2D eigenvalue weighted by atomic mass is 10.1. The Morgan fingerprint density at radius 3 is 2.42 bits per heavy atom. The van der Waals surface area contributed by atoms with Crippen molar-refractivity contribution < 1.29 is 26.4 Å². The molecule has 1 atom stereocenters. The van der Waals surface area contributed by atoms with Crippen molar-refractivity contribution in [3.05, 3.63) is 0 Å². The number of methoxy groups -OCH3 is 1. The first-order valence-corrected chi connectivity index (χ1v) is 9.71. The second-order valence-corrected chi connectivity index (χ2v) is 10.1. The van der Waals surface area contributed by atoms with Crippen LogP contribution in [0.15, 0.2) is 0 Å². The Bertz CT molecular complexity index is 570. The van der Waals surface area contributed by atoms with Crippen LogP contribution in [-0.4, -0.2) is 52.4 Å². The summed E-state index contributed by atoms with van der Waals surface area (Å²) in [7, 11) is -5.41. The van der Waals surface area contributed by atoms with Gasteiger partial charge in [-0.25, -0.2) is 16.8 Å². The van der Waals surface area contributed by atoms with Crippen LogP contribution in [0.5, 0.6) is 0 Å². The number of ether oxygens (including phenoxy) is 1. The maximum Gasteiger partial charge on any atom is 0.306 e. The van der Waals surface area contributed by atoms with Gasteiger partial charge in [-0.1, -0.05) is 0 Å². The monoisotopic (exact) mass is 310 g/mol. The van der Waals surface area contributed by atoms with Gasteiger partial charge in [0.15, 0.2) is 19.7 Å². The van der Waals surface area contributed by atoms with E-state index >= 15 is 0 Å². The molecule has 1 aliphatic carbocycles. The minimum Gasteiger partial charge on any atom is -0.469 e. The Morgan fingerprint density at radius 1 is 1.37 bits per heavy atom. The average Bonchev–Trinajstić information content (AvgIpc) is 2.91. The second kappa shape index (κ2) is 4.73. The molecule has 8 heteroatoms. The third-order valence-corrected chi connectivity index (χ3v) is 8.32. The third-order valence-electron chi connectivity index (χ3n) is 3.91. The van der Waals surface area contributed by atoms with Gasteiger partial charge < -0.3 is 4.74 Å². The molecule has 110 valence electrons. The summed E-state index contributed by atoms with van der Waals surface area (Å²) in [5, 5.41) is -0.798. The highest BCUT2D eigenvalue weighted by Gasteiger charge is 2.50. The number of carbonyl (C=O) groups excluding carboxylic acids is 1. The molecule has 0 bridgehead atoms. The van der Waals surface area contributed by atoms with Gasteiger partial charge in [-0.2, -0.15) is 0 Å². The first-order valence-electron chi connectivity index (χ1n) is 6.17. The molecule has 0 amide bonds. The molecule has 2 fully saturated rings. The van der Waals surface area contributed by atoms with E-state index in [0.717, 1.165) is 0 Å². The first kappa shape index (κ1) is 14.8. The summed E-state index contributed by atoms with van der Waals surface area (Å²) < 4.78 is 51.7. The van der Waals surface area contributed by atoms with Crippen molar-refractivity contribution in [3.8, 4) is 0 Å². The summed E-state index contributed by atoms with van der Waals surface area (Å²) in [6.07, 6.45) is 1.64. The normalized spacial score (nSPS) is 27.9. The predicted octanol–water partition coefficient (Wildman–Crippen LogP) is -0.0684. The summed E-state index contributed by atoms with van der Waals surface area (Å²) in [4.78, 5) is 11.3. The maximum absolute atomic E-state index is 12.2. The highest BCUT2D eigenvalue weighted by Crippen LogP contribution is 2.50. The van der Waals surface area contributed by atoms with E-state index in [1.54, 1.807) is 0 Å². The molecule has 0 aromatic carbocycles. The molecule has 0 aromatic rings. The highest BCUT2D eigenvalue weighted by molar-refractivity contribution is 7.96. The van der Waals surface area contributed by atoms with Crippen molar-refractivity contribution >= 4 is 25.6 Å². The molecule has 1 heterocycles. The first-order chi connectivity index (χ1) is 8.68. The third kappa shape index (κ3) is 3.47. The standard InChI is InChI=1S/C11H18O6S2/c1-17-10(12)6-11(3-4-11)8-19(15,16)9-2-5-18(13,14)7-9/h9H,2-8H2,1H3. The van der Waals surface area contributed by atoms with Gasteiger partial charge in [0.1, 0.15) is 0 Å². The molecular formula is C11H18O6S2. The van der Waals surface area contributed by atoms with Crippen LogP contribution in [0.2, 0.25) is 0 Å². The van der Waals surface area contributed by atoms with E-state index in [9.17, 15) is 21.6 Å². The molecule has 19 heavy (non-hydrogen) atoms. The molecule has 0 aromatic heterocycles. The zero-order valence-corrected chi connectivity index (χ0v) is 12.4. The molecule has 0 spiro atoms. The van der Waals surface area contributed by atoms with Crippen molar-refractivity contribution in [3.63, 3.8) is 0 Å². The Hall–Kier alpha value is -0.630. The number of hydrogen-bond acceptors (Lipinski definition) is 6. The fourth-order valence-electron chi connectivity index (χ4n) is 2.52. The van der Waals surface area contributed by atoms with E-state index in [0.29, 0.717) is 12.8 Å². The molecule has 0 N–H and O–H groups in total. The van der Waals surface area contributed by atoms with Gasteiger partial charge in [-0.05, 0) is 24.7 Å². The molecule has 0 radical (unpaired) electrons. The number of rotatable bonds is 5. The Kier molecular flexibility index (Phi) is 3.68. The number of hydrogen-bond donors (Lipinski definition) is 0. The SMILES string of the molecule is COC(=O)CC1(CS(=O)(=O)C2CCS(=O)(=O)C2)CC1. The smallest absolute Gasteiger partial charge is 0.306 e. The van der Waals surface area contributed by atoms with Crippen LogP contribution in [0.25, 0.3) is 0 Å². The van der Waals surface area contributed by atoms with Gasteiger partial charge in [0, 0.05) is 0 Å². The van der Waals surface area contributed by atoms with Gasteiger partial charge in [0.25, 0.3) is 0 Å². The number of esters is 1. The molecule has 2 rings (SSSR count). The van der Waals surface area contributed by atoms with Crippen LogP contribution in [0, 0.1) is 5.41 Å². The van der Waals surface area contributed by atoms with Crippen molar-refractivity contribution in [1.82, 2.24) is 0 Å². The zero-order valence-electron chi connectivity index (χ0n) is 10.8. The lowest BCUT2D eigenvalue weighted by Gasteiger charge is -2.17. The fraction of sp³-hybridized carbons (Fsp3) is 0.909. The van der Waals surface area contributed by atoms with Gasteiger partial charge in [-0.3, -0.25) is 4.79 Å². The molecule has 1 saturated carbocycles. The summed E-state index contributed by atoms with van der Waals surface area (Å²) in [6.45, 7) is 0.